The number of nitrogens with zero attached hydrogens (tertiary/aromatic N) is 2. The third-order valence-corrected chi connectivity index (χ3v) is 7.16. The summed E-state index contributed by atoms with van der Waals surface area (Å²) in [7, 11) is 0. The zero-order valence-electron chi connectivity index (χ0n) is 21.5. The molecule has 1 aliphatic rings. The lowest BCUT2D eigenvalue weighted by molar-refractivity contribution is -0.132. The maximum atomic E-state index is 12.6. The molecule has 2 N–H and O–H groups in total. The van der Waals surface area contributed by atoms with Gasteiger partial charge < -0.3 is 20.3 Å². The molecule has 1 heterocycles. The van der Waals surface area contributed by atoms with Gasteiger partial charge in [-0.15, -0.1) is 0 Å². The van der Waals surface area contributed by atoms with Crippen molar-refractivity contribution >= 4 is 17.5 Å². The smallest absolute Gasteiger partial charge is 0.222 e. The van der Waals surface area contributed by atoms with Crippen molar-refractivity contribution in [2.24, 2.45) is 17.6 Å². The van der Waals surface area contributed by atoms with Crippen molar-refractivity contribution in [3.8, 4) is 5.75 Å². The van der Waals surface area contributed by atoms with Gasteiger partial charge in [-0.1, -0.05) is 57.5 Å². The molecule has 2 atom stereocenters. The number of rotatable bonds is 12. The average molecular weight is 480 g/mol. The molecule has 0 bridgehead atoms. The SMILES string of the molecule is CCC(C)CN(c1ccc(OCc2ccccc2)cc1)C1CCN(C(=O)CCC(C)C(N)=O)CC1. The molecule has 2 aromatic rings. The minimum Gasteiger partial charge on any atom is -0.489 e. The third-order valence-electron chi connectivity index (χ3n) is 7.16. The molecule has 1 fully saturated rings. The first-order valence-corrected chi connectivity index (χ1v) is 13.0. The number of anilines is 1. The maximum absolute atomic E-state index is 12.6. The van der Waals surface area contributed by atoms with Crippen LogP contribution in [0.1, 0.15) is 58.4 Å². The van der Waals surface area contributed by atoms with Gasteiger partial charge in [-0.3, -0.25) is 9.59 Å². The Balaban J connectivity index is 1.58. The van der Waals surface area contributed by atoms with Crippen LogP contribution >= 0.6 is 0 Å². The first kappa shape index (κ1) is 26.6. The molecular formula is C29H41N3O3. The largest absolute Gasteiger partial charge is 0.489 e. The van der Waals surface area contributed by atoms with E-state index in [1.54, 1.807) is 6.92 Å². The van der Waals surface area contributed by atoms with Gasteiger partial charge in [0.25, 0.3) is 0 Å². The van der Waals surface area contributed by atoms with Crippen LogP contribution in [0.5, 0.6) is 5.75 Å². The van der Waals surface area contributed by atoms with Crippen molar-refractivity contribution in [1.82, 2.24) is 4.90 Å². The Morgan fingerprint density at radius 1 is 1.06 bits per heavy atom. The van der Waals surface area contributed by atoms with E-state index in [4.69, 9.17) is 10.5 Å². The van der Waals surface area contributed by atoms with E-state index in [9.17, 15) is 9.59 Å². The number of piperidine rings is 1. The molecule has 1 saturated heterocycles. The van der Waals surface area contributed by atoms with Crippen LogP contribution in [0.15, 0.2) is 54.6 Å². The van der Waals surface area contributed by atoms with Gasteiger partial charge in [0.15, 0.2) is 0 Å². The van der Waals surface area contributed by atoms with E-state index in [1.807, 2.05) is 23.1 Å². The minimum atomic E-state index is -0.339. The monoisotopic (exact) mass is 479 g/mol. The van der Waals surface area contributed by atoms with Gasteiger partial charge in [-0.05, 0) is 55.0 Å². The zero-order chi connectivity index (χ0) is 25.2. The van der Waals surface area contributed by atoms with Crippen molar-refractivity contribution in [3.63, 3.8) is 0 Å². The number of likely N-dealkylation sites (tertiary alicyclic amines) is 1. The summed E-state index contributed by atoms with van der Waals surface area (Å²) < 4.78 is 5.98. The van der Waals surface area contributed by atoms with Crippen molar-refractivity contribution in [3.05, 3.63) is 60.2 Å². The topological polar surface area (TPSA) is 75.9 Å². The van der Waals surface area contributed by atoms with Gasteiger partial charge in [-0.25, -0.2) is 0 Å². The Kier molecular flexibility index (Phi) is 10.0. The number of benzene rings is 2. The standard InChI is InChI=1S/C29H41N3O3/c1-4-22(2)20-32(25-11-13-27(14-12-25)35-21-24-8-6-5-7-9-24)26-16-18-31(19-17-26)28(33)15-10-23(3)29(30)34/h5-9,11-14,22-23,26H,4,10,15-21H2,1-3H3,(H2,30,34). The Labute approximate surface area is 210 Å². The van der Waals surface area contributed by atoms with Crippen LogP contribution in [0.25, 0.3) is 0 Å². The van der Waals surface area contributed by atoms with Gasteiger partial charge in [0, 0.05) is 43.7 Å². The number of primary amides is 1. The number of carbonyl (C=O) groups is 2. The van der Waals surface area contributed by atoms with E-state index in [0.717, 1.165) is 50.2 Å². The first-order chi connectivity index (χ1) is 16.9. The molecule has 2 unspecified atom stereocenters. The average Bonchev–Trinajstić information content (AvgIpc) is 2.89. The predicted molar refractivity (Wildman–Crippen MR) is 141 cm³/mol. The lowest BCUT2D eigenvalue weighted by Gasteiger charge is -2.41. The number of amides is 2. The normalized spacial score (nSPS) is 15.9. The van der Waals surface area contributed by atoms with Crippen LogP contribution in [0.3, 0.4) is 0 Å². The number of nitrogens with two attached hydrogens (primary N) is 1. The van der Waals surface area contributed by atoms with Crippen LogP contribution in [-0.2, 0) is 16.2 Å². The third kappa shape index (κ3) is 8.01. The molecule has 3 rings (SSSR count). The van der Waals surface area contributed by atoms with E-state index in [2.05, 4.69) is 55.1 Å². The molecule has 0 aromatic heterocycles. The van der Waals surface area contributed by atoms with E-state index >= 15 is 0 Å². The Morgan fingerprint density at radius 3 is 2.31 bits per heavy atom. The fourth-order valence-electron chi connectivity index (χ4n) is 4.47. The molecule has 35 heavy (non-hydrogen) atoms. The van der Waals surface area contributed by atoms with Gasteiger partial charge >= 0.3 is 0 Å². The van der Waals surface area contributed by atoms with E-state index in [0.29, 0.717) is 31.4 Å². The van der Waals surface area contributed by atoms with E-state index in [1.165, 1.54) is 5.69 Å². The minimum absolute atomic E-state index is 0.130. The van der Waals surface area contributed by atoms with Crippen molar-refractivity contribution in [1.29, 1.82) is 0 Å². The molecule has 190 valence electrons. The quantitative estimate of drug-likeness (QED) is 0.464. The molecule has 0 radical (unpaired) electrons. The number of ether oxygens (including phenoxy) is 1. The van der Waals surface area contributed by atoms with Crippen LogP contribution in [0, 0.1) is 11.8 Å². The predicted octanol–water partition coefficient (Wildman–Crippen LogP) is 5.01. The Morgan fingerprint density at radius 2 is 1.71 bits per heavy atom. The second-order valence-corrected chi connectivity index (χ2v) is 9.89. The molecule has 0 aliphatic carbocycles. The van der Waals surface area contributed by atoms with Crippen LogP contribution in [0.2, 0.25) is 0 Å². The lowest BCUT2D eigenvalue weighted by atomic mass is 9.98. The van der Waals surface area contributed by atoms with Gasteiger partial charge in [0.05, 0.1) is 0 Å². The van der Waals surface area contributed by atoms with Crippen molar-refractivity contribution in [2.75, 3.05) is 24.5 Å². The summed E-state index contributed by atoms with van der Waals surface area (Å²) in [4.78, 5) is 28.4. The number of carbonyl (C=O) groups excluding carboxylic acids is 2. The number of hydrogen-bond donors (Lipinski definition) is 1. The molecule has 6 nitrogen and oxygen atoms in total. The first-order valence-electron chi connectivity index (χ1n) is 13.0. The summed E-state index contributed by atoms with van der Waals surface area (Å²) in [6.07, 6.45) is 3.92. The van der Waals surface area contributed by atoms with Crippen LogP contribution in [0.4, 0.5) is 5.69 Å². The Hall–Kier alpha value is -3.02. The molecule has 2 aromatic carbocycles. The highest BCUT2D eigenvalue weighted by Crippen LogP contribution is 2.28. The fraction of sp³-hybridized carbons (Fsp3) is 0.517. The maximum Gasteiger partial charge on any atom is 0.222 e. The fourth-order valence-corrected chi connectivity index (χ4v) is 4.47. The van der Waals surface area contributed by atoms with Gasteiger partial charge in [-0.2, -0.15) is 0 Å². The summed E-state index contributed by atoms with van der Waals surface area (Å²) in [5, 5.41) is 0. The molecule has 2 amide bonds. The molecule has 6 heteroatoms. The molecule has 0 saturated carbocycles. The number of hydrogen-bond acceptors (Lipinski definition) is 4. The van der Waals surface area contributed by atoms with E-state index < -0.39 is 0 Å². The highest BCUT2D eigenvalue weighted by atomic mass is 16.5. The van der Waals surface area contributed by atoms with Crippen LogP contribution < -0.4 is 15.4 Å². The summed E-state index contributed by atoms with van der Waals surface area (Å²) >= 11 is 0. The second kappa shape index (κ2) is 13.2. The summed E-state index contributed by atoms with van der Waals surface area (Å²) in [6, 6.07) is 19.0. The molecular weight excluding hydrogens is 438 g/mol. The summed E-state index contributed by atoms with van der Waals surface area (Å²) in [6.45, 7) is 9.37. The van der Waals surface area contributed by atoms with Crippen molar-refractivity contribution < 1.29 is 14.3 Å². The summed E-state index contributed by atoms with van der Waals surface area (Å²) in [5.41, 5.74) is 7.69. The molecule has 0 spiro atoms. The highest BCUT2D eigenvalue weighted by molar-refractivity contribution is 5.79. The lowest BCUT2D eigenvalue weighted by Crippen LogP contribution is -2.48. The van der Waals surface area contributed by atoms with Crippen LogP contribution in [-0.4, -0.2) is 42.4 Å². The summed E-state index contributed by atoms with van der Waals surface area (Å²) in [5.74, 6) is 0.978. The Bertz CT molecular complexity index is 924. The van der Waals surface area contributed by atoms with Crippen molar-refractivity contribution in [2.45, 2.75) is 65.5 Å². The van der Waals surface area contributed by atoms with Gasteiger partial charge in [0.2, 0.25) is 11.8 Å². The second-order valence-electron chi connectivity index (χ2n) is 9.89. The van der Waals surface area contributed by atoms with Gasteiger partial charge in [0.1, 0.15) is 12.4 Å². The molecule has 1 aliphatic heterocycles. The van der Waals surface area contributed by atoms with E-state index in [-0.39, 0.29) is 17.7 Å². The zero-order valence-corrected chi connectivity index (χ0v) is 21.5. The highest BCUT2D eigenvalue weighted by Gasteiger charge is 2.28.